The standard InChI is InChI=1S/C29H37BrN2O6S/c1-4-6-17-38-28(36)22-23-26(34)32(15-8-7-9-16-33)25(29(23)18-21(30)24(22)39-29)27(35)31(14-5-2)19-10-12-20(37-3)13-11-19/h4-5,10-13,21-25,33H,1-2,6-9,14-18H2,3H3/t21?,22-,23-,24-,25?,29?/m0/s1. The quantitative estimate of drug-likeness (QED) is 0.146. The number of hydrogen-bond donors (Lipinski definition) is 1. The number of unbranched alkanes of at least 4 members (excludes halogenated alkanes) is 2. The average molecular weight is 622 g/mol. The Labute approximate surface area is 242 Å². The number of carbonyl (C=O) groups is 3. The van der Waals surface area contributed by atoms with Crippen molar-refractivity contribution in [1.29, 1.82) is 0 Å². The number of aliphatic hydroxyl groups is 1. The van der Waals surface area contributed by atoms with Crippen LogP contribution in [0.2, 0.25) is 0 Å². The van der Waals surface area contributed by atoms with Crippen LogP contribution >= 0.6 is 27.7 Å². The van der Waals surface area contributed by atoms with E-state index in [0.29, 0.717) is 43.7 Å². The van der Waals surface area contributed by atoms with Gasteiger partial charge in [-0.25, -0.2) is 0 Å². The van der Waals surface area contributed by atoms with E-state index in [-0.39, 0.29) is 47.6 Å². The van der Waals surface area contributed by atoms with Crippen molar-refractivity contribution in [1.82, 2.24) is 4.90 Å². The Bertz CT molecular complexity index is 1080. The summed E-state index contributed by atoms with van der Waals surface area (Å²) >= 11 is 5.37. The SMILES string of the molecule is C=CCCOC(=O)[C@H]1[C@H]2C(=O)N(CCCCCO)C(C(=O)N(CC=C)c3ccc(OC)cc3)C23CC(Br)[C@@H]1S3. The fourth-order valence-corrected chi connectivity index (χ4v) is 9.78. The lowest BCUT2D eigenvalue weighted by Gasteiger charge is -2.37. The number of halogens is 1. The maximum atomic E-state index is 14.5. The highest BCUT2D eigenvalue weighted by molar-refractivity contribution is 9.09. The lowest BCUT2D eigenvalue weighted by atomic mass is 9.71. The molecule has 2 amide bonds. The summed E-state index contributed by atoms with van der Waals surface area (Å²) in [6.45, 7) is 8.50. The monoisotopic (exact) mass is 620 g/mol. The summed E-state index contributed by atoms with van der Waals surface area (Å²) in [6.07, 6.45) is 6.51. The molecule has 4 rings (SSSR count). The predicted molar refractivity (Wildman–Crippen MR) is 156 cm³/mol. The molecule has 3 aliphatic rings. The van der Waals surface area contributed by atoms with Crippen LogP contribution in [0.25, 0.3) is 0 Å². The Kier molecular flexibility index (Phi) is 9.82. The van der Waals surface area contributed by atoms with Gasteiger partial charge in [-0.05, 0) is 56.4 Å². The second kappa shape index (κ2) is 12.9. The Balaban J connectivity index is 1.72. The van der Waals surface area contributed by atoms with Crippen molar-refractivity contribution in [2.45, 2.75) is 53.0 Å². The molecule has 10 heteroatoms. The van der Waals surface area contributed by atoms with Crippen molar-refractivity contribution in [3.8, 4) is 5.75 Å². The molecule has 1 spiro atoms. The minimum Gasteiger partial charge on any atom is -0.497 e. The molecule has 1 N–H and O–H groups in total. The topological polar surface area (TPSA) is 96.4 Å². The first-order chi connectivity index (χ1) is 18.8. The summed E-state index contributed by atoms with van der Waals surface area (Å²) in [6, 6.07) is 6.50. The molecule has 1 aromatic carbocycles. The largest absolute Gasteiger partial charge is 0.497 e. The van der Waals surface area contributed by atoms with Gasteiger partial charge in [0.1, 0.15) is 11.8 Å². The van der Waals surface area contributed by atoms with Gasteiger partial charge < -0.3 is 24.4 Å². The second-order valence-electron chi connectivity index (χ2n) is 10.2. The smallest absolute Gasteiger partial charge is 0.310 e. The van der Waals surface area contributed by atoms with E-state index < -0.39 is 22.6 Å². The third kappa shape index (κ3) is 5.52. The Morgan fingerprint density at radius 1 is 1.23 bits per heavy atom. The minimum atomic E-state index is -0.752. The van der Waals surface area contributed by atoms with E-state index in [2.05, 4.69) is 29.1 Å². The highest BCUT2D eigenvalue weighted by Gasteiger charge is 2.76. The first-order valence-corrected chi connectivity index (χ1v) is 15.2. The van der Waals surface area contributed by atoms with Crippen LogP contribution in [-0.4, -0.2) is 82.1 Å². The number of benzene rings is 1. The van der Waals surface area contributed by atoms with Gasteiger partial charge >= 0.3 is 5.97 Å². The van der Waals surface area contributed by atoms with Crippen molar-refractivity contribution in [3.05, 3.63) is 49.6 Å². The van der Waals surface area contributed by atoms with E-state index in [9.17, 15) is 19.5 Å². The van der Waals surface area contributed by atoms with Crippen LogP contribution in [-0.2, 0) is 19.1 Å². The molecule has 3 unspecified atom stereocenters. The van der Waals surface area contributed by atoms with Crippen molar-refractivity contribution in [2.24, 2.45) is 11.8 Å². The van der Waals surface area contributed by atoms with Gasteiger partial charge in [-0.1, -0.05) is 28.1 Å². The van der Waals surface area contributed by atoms with Crippen LogP contribution in [0, 0.1) is 11.8 Å². The number of amides is 2. The zero-order valence-electron chi connectivity index (χ0n) is 22.3. The van der Waals surface area contributed by atoms with Crippen molar-refractivity contribution < 1.29 is 29.0 Å². The second-order valence-corrected chi connectivity index (χ2v) is 12.9. The van der Waals surface area contributed by atoms with E-state index in [0.717, 1.165) is 6.42 Å². The summed E-state index contributed by atoms with van der Waals surface area (Å²) in [4.78, 5) is 45.3. The van der Waals surface area contributed by atoms with Gasteiger partial charge in [0, 0.05) is 35.5 Å². The number of alkyl halides is 1. The number of likely N-dealkylation sites (tertiary alicyclic amines) is 1. The van der Waals surface area contributed by atoms with Crippen molar-refractivity contribution in [2.75, 3.05) is 38.3 Å². The number of nitrogens with zero attached hydrogens (tertiary/aromatic N) is 2. The van der Waals surface area contributed by atoms with Crippen LogP contribution in [0.3, 0.4) is 0 Å². The summed E-state index contributed by atoms with van der Waals surface area (Å²) in [5.74, 6) is -1.32. The van der Waals surface area contributed by atoms with Crippen LogP contribution in [0.5, 0.6) is 5.75 Å². The van der Waals surface area contributed by atoms with Crippen molar-refractivity contribution >= 4 is 51.2 Å². The normalized spacial score (nSPS) is 28.7. The van der Waals surface area contributed by atoms with Crippen LogP contribution < -0.4 is 9.64 Å². The van der Waals surface area contributed by atoms with Gasteiger partial charge in [-0.15, -0.1) is 24.9 Å². The third-order valence-electron chi connectivity index (χ3n) is 7.88. The van der Waals surface area contributed by atoms with E-state index in [4.69, 9.17) is 9.47 Å². The van der Waals surface area contributed by atoms with Gasteiger partial charge in [-0.2, -0.15) is 0 Å². The number of methoxy groups -OCH3 is 1. The molecule has 0 aromatic heterocycles. The molecule has 39 heavy (non-hydrogen) atoms. The maximum Gasteiger partial charge on any atom is 0.310 e. The first-order valence-electron chi connectivity index (χ1n) is 13.4. The Morgan fingerprint density at radius 2 is 1.97 bits per heavy atom. The predicted octanol–water partition coefficient (Wildman–Crippen LogP) is 3.96. The Morgan fingerprint density at radius 3 is 2.62 bits per heavy atom. The molecule has 3 heterocycles. The minimum absolute atomic E-state index is 0.0259. The number of hydrogen-bond acceptors (Lipinski definition) is 7. The van der Waals surface area contributed by atoms with Crippen LogP contribution in [0.15, 0.2) is 49.6 Å². The zero-order valence-corrected chi connectivity index (χ0v) is 24.7. The maximum absolute atomic E-state index is 14.5. The number of esters is 1. The molecule has 8 nitrogen and oxygen atoms in total. The third-order valence-corrected chi connectivity index (χ3v) is 11.1. The molecule has 3 saturated heterocycles. The van der Waals surface area contributed by atoms with Gasteiger partial charge in [0.25, 0.3) is 5.91 Å². The molecule has 212 valence electrons. The van der Waals surface area contributed by atoms with E-state index in [1.807, 2.05) is 12.1 Å². The zero-order chi connectivity index (χ0) is 28.2. The van der Waals surface area contributed by atoms with Gasteiger partial charge in [0.2, 0.25) is 5.91 Å². The van der Waals surface area contributed by atoms with Crippen LogP contribution in [0.4, 0.5) is 5.69 Å². The number of ether oxygens (including phenoxy) is 2. The molecular weight excluding hydrogens is 584 g/mol. The van der Waals surface area contributed by atoms with E-state index >= 15 is 0 Å². The fraction of sp³-hybridized carbons (Fsp3) is 0.552. The molecule has 0 saturated carbocycles. The molecule has 0 aliphatic carbocycles. The lowest BCUT2D eigenvalue weighted by molar-refractivity contribution is -0.154. The van der Waals surface area contributed by atoms with E-state index in [1.165, 1.54) is 0 Å². The number of fused-ring (bicyclic) bond motifs is 1. The molecule has 1 aromatic rings. The summed E-state index contributed by atoms with van der Waals surface area (Å²) in [7, 11) is 1.59. The summed E-state index contributed by atoms with van der Waals surface area (Å²) in [5.41, 5.74) is 0.682. The van der Waals surface area contributed by atoms with Gasteiger partial charge in [0.15, 0.2) is 0 Å². The highest BCUT2D eigenvalue weighted by atomic mass is 79.9. The highest BCUT2D eigenvalue weighted by Crippen LogP contribution is 2.68. The van der Waals surface area contributed by atoms with E-state index in [1.54, 1.807) is 53.0 Å². The van der Waals surface area contributed by atoms with Gasteiger partial charge in [0.05, 0.1) is 30.3 Å². The molecule has 2 bridgehead atoms. The molecule has 6 atom stereocenters. The van der Waals surface area contributed by atoms with Crippen molar-refractivity contribution in [3.63, 3.8) is 0 Å². The summed E-state index contributed by atoms with van der Waals surface area (Å²) in [5, 5.41) is 9.09. The molecular formula is C29H37BrN2O6S. The summed E-state index contributed by atoms with van der Waals surface area (Å²) < 4.78 is 10.1. The Hall–Kier alpha value is -2.30. The lowest BCUT2D eigenvalue weighted by Crippen LogP contribution is -2.55. The number of thioether (sulfide) groups is 1. The number of carbonyl (C=O) groups excluding carboxylic acids is 3. The van der Waals surface area contributed by atoms with Gasteiger partial charge in [-0.3, -0.25) is 14.4 Å². The van der Waals surface area contributed by atoms with Crippen LogP contribution in [0.1, 0.15) is 32.1 Å². The first kappa shape index (κ1) is 29.7. The number of aliphatic hydroxyl groups excluding tert-OH is 1. The number of rotatable bonds is 14. The molecule has 3 aliphatic heterocycles. The average Bonchev–Trinajstić information content (AvgIpc) is 3.53. The molecule has 0 radical (unpaired) electrons. The fourth-order valence-electron chi connectivity index (χ4n) is 6.19. The number of anilines is 1. The molecule has 3 fully saturated rings.